The van der Waals surface area contributed by atoms with Gasteiger partial charge in [-0.3, -0.25) is 32.5 Å². The van der Waals surface area contributed by atoms with Gasteiger partial charge in [0.1, 0.15) is 25.4 Å². The van der Waals surface area contributed by atoms with Crippen LogP contribution in [-0.2, 0) is 55.8 Å². The molecule has 0 radical (unpaired) electrons. The van der Waals surface area contributed by atoms with Gasteiger partial charge in [0, 0.05) is 19.3 Å². The second-order valence-corrected chi connectivity index (χ2v) is 30.1. The molecule has 0 aliphatic heterocycles. The second kappa shape index (κ2) is 81.9. The number of allylic oxidation sites excluding steroid dienone is 32. The van der Waals surface area contributed by atoms with Gasteiger partial charge < -0.3 is 34.2 Å². The molecule has 0 aromatic rings. The molecule has 0 bridgehead atoms. The van der Waals surface area contributed by atoms with Gasteiger partial charge in [-0.15, -0.1) is 0 Å². The van der Waals surface area contributed by atoms with E-state index < -0.39 is 91.5 Å². The average Bonchev–Trinajstić information content (AvgIpc) is 0.900. The summed E-state index contributed by atoms with van der Waals surface area (Å²) in [5, 5.41) is 20.7. The first-order valence-corrected chi connectivity index (χ1v) is 44.7. The summed E-state index contributed by atoms with van der Waals surface area (Å²) in [5.41, 5.74) is 0. The van der Waals surface area contributed by atoms with Crippen LogP contribution in [0.25, 0.3) is 0 Å². The lowest BCUT2D eigenvalue weighted by atomic mass is 10.0. The Morgan fingerprint density at radius 2 is 0.505 bits per heavy atom. The number of esters is 3. The molecule has 5 atom stereocenters. The molecule has 18 heteroatoms. The van der Waals surface area contributed by atoms with Gasteiger partial charge in [0.15, 0.2) is 6.10 Å². The number of unbranched alkanes of at least 4 members (excludes halogenated alkanes) is 22. The Morgan fingerprint density at radius 1 is 0.266 bits per heavy atom. The number of carbonyl (C=O) groups excluding carboxylic acids is 3. The number of phosphoric ester groups is 2. The van der Waals surface area contributed by atoms with E-state index in [9.17, 15) is 43.5 Å². The Bertz CT molecular complexity index is 2760. The first-order valence-electron chi connectivity index (χ1n) is 41.7. The maximum atomic E-state index is 13.0. The zero-order valence-electron chi connectivity index (χ0n) is 67.6. The molecule has 0 aromatic heterocycles. The molecule has 4 N–H and O–H groups in total. The Hall–Kier alpha value is -5.61. The van der Waals surface area contributed by atoms with Crippen molar-refractivity contribution in [1.29, 1.82) is 0 Å². The van der Waals surface area contributed by atoms with Crippen molar-refractivity contribution >= 4 is 33.6 Å². The zero-order chi connectivity index (χ0) is 79.4. The number of phosphoric acid groups is 2. The number of aliphatic hydroxyl groups excluding tert-OH is 2. The van der Waals surface area contributed by atoms with E-state index in [2.05, 4.69) is 197 Å². The summed E-state index contributed by atoms with van der Waals surface area (Å²) in [7, 11) is -9.84. The lowest BCUT2D eigenvalue weighted by Crippen LogP contribution is -2.29. The van der Waals surface area contributed by atoms with Crippen LogP contribution in [-0.4, -0.2) is 95.9 Å². The van der Waals surface area contributed by atoms with Gasteiger partial charge in [-0.25, -0.2) is 9.13 Å². The molecule has 0 aliphatic rings. The zero-order valence-corrected chi connectivity index (χ0v) is 69.4. The van der Waals surface area contributed by atoms with Crippen molar-refractivity contribution in [3.63, 3.8) is 0 Å². The van der Waals surface area contributed by atoms with Gasteiger partial charge in [0.25, 0.3) is 0 Å². The summed E-state index contributed by atoms with van der Waals surface area (Å²) in [4.78, 5) is 58.7. The van der Waals surface area contributed by atoms with Crippen molar-refractivity contribution in [3.8, 4) is 0 Å². The van der Waals surface area contributed by atoms with E-state index in [1.165, 1.54) is 103 Å². The maximum Gasteiger partial charge on any atom is 0.472 e. The molecule has 0 rings (SSSR count). The summed E-state index contributed by atoms with van der Waals surface area (Å²) in [6, 6.07) is 0. The highest BCUT2D eigenvalue weighted by Crippen LogP contribution is 2.45. The van der Waals surface area contributed by atoms with E-state index >= 15 is 0 Å². The van der Waals surface area contributed by atoms with Crippen molar-refractivity contribution in [3.05, 3.63) is 194 Å². The monoisotopic (exact) mass is 1560 g/mol. The molecule has 16 nitrogen and oxygen atoms in total. The van der Waals surface area contributed by atoms with Crippen molar-refractivity contribution in [1.82, 2.24) is 0 Å². The van der Waals surface area contributed by atoms with Crippen LogP contribution in [0.1, 0.15) is 303 Å². The van der Waals surface area contributed by atoms with Crippen LogP contribution < -0.4 is 0 Å². The summed E-state index contributed by atoms with van der Waals surface area (Å²) in [6.45, 7) is 2.29. The summed E-state index contributed by atoms with van der Waals surface area (Å²) < 4.78 is 61.1. The van der Waals surface area contributed by atoms with Gasteiger partial charge >= 0.3 is 33.6 Å². The topological polar surface area (TPSA) is 231 Å². The van der Waals surface area contributed by atoms with Crippen LogP contribution in [0.4, 0.5) is 0 Å². The van der Waals surface area contributed by atoms with Crippen LogP contribution in [0.3, 0.4) is 0 Å². The minimum absolute atomic E-state index is 0.0347. The van der Waals surface area contributed by atoms with Crippen molar-refractivity contribution in [2.24, 2.45) is 0 Å². The molecule has 0 aromatic carbocycles. The fourth-order valence-electron chi connectivity index (χ4n) is 10.5. The van der Waals surface area contributed by atoms with E-state index in [0.29, 0.717) is 25.7 Å². The lowest BCUT2D eigenvalue weighted by molar-refractivity contribution is -0.161. The predicted molar refractivity (Wildman–Crippen MR) is 454 cm³/mol. The molecule has 0 fully saturated rings. The highest BCUT2D eigenvalue weighted by Gasteiger charge is 2.29. The van der Waals surface area contributed by atoms with Gasteiger partial charge in [-0.1, -0.05) is 324 Å². The highest BCUT2D eigenvalue weighted by molar-refractivity contribution is 7.47. The van der Waals surface area contributed by atoms with Crippen LogP contribution in [0, 0.1) is 0 Å². The maximum absolute atomic E-state index is 13.0. The van der Waals surface area contributed by atoms with E-state index in [1.54, 1.807) is 0 Å². The van der Waals surface area contributed by atoms with Crippen molar-refractivity contribution in [2.45, 2.75) is 322 Å². The summed E-state index contributed by atoms with van der Waals surface area (Å²) in [6.07, 6.45) is 108. The number of hydrogen-bond donors (Lipinski definition) is 4. The van der Waals surface area contributed by atoms with Crippen LogP contribution in [0.5, 0.6) is 0 Å². The first-order chi connectivity index (χ1) is 53.2. The number of aliphatic hydroxyl groups is 2. The number of hydrogen-bond acceptors (Lipinski definition) is 14. The number of carbonyl (C=O) groups is 3. The Balaban J connectivity index is 4.65. The fraction of sp³-hybridized carbons (Fsp3) is 0.615. The molecule has 0 amide bonds. The average molecular weight is 1560 g/mol. The molecule has 618 valence electrons. The predicted octanol–water partition coefficient (Wildman–Crippen LogP) is 25.1. The van der Waals surface area contributed by atoms with Gasteiger partial charge in [0.05, 0.1) is 26.4 Å². The van der Waals surface area contributed by atoms with Gasteiger partial charge in [-0.2, -0.15) is 0 Å². The SMILES string of the molecule is CC/C=C\C/C=C\C/C=C\C/C=C\C/C=C\C/C=C\CCCCCCC(=O)OCC(COP(=O)(O)OCC(O)COP(=O)(O)OCC(O)COC(=O)CCCCCCCCCCCCCCCCC/C=C\C/C=C\C/C=C\C/C=C\CCCCC)OC(=O)CC/C=C\C/C=C\C/C=C\C/C=C\C/C=C\C/C=C\CC. The Kier molecular flexibility index (Phi) is 77.7. The molecule has 0 heterocycles. The third kappa shape index (κ3) is 83.2. The van der Waals surface area contributed by atoms with Crippen LogP contribution >= 0.6 is 15.6 Å². The highest BCUT2D eigenvalue weighted by atomic mass is 31.2. The van der Waals surface area contributed by atoms with E-state index in [0.717, 1.165) is 135 Å². The van der Waals surface area contributed by atoms with Crippen LogP contribution in [0.15, 0.2) is 194 Å². The largest absolute Gasteiger partial charge is 0.472 e. The molecule has 0 saturated heterocycles. The van der Waals surface area contributed by atoms with E-state index in [-0.39, 0.29) is 19.3 Å². The van der Waals surface area contributed by atoms with Crippen molar-refractivity contribution < 1.29 is 75.8 Å². The van der Waals surface area contributed by atoms with E-state index in [1.807, 2.05) is 18.2 Å². The smallest absolute Gasteiger partial charge is 0.463 e. The number of ether oxygens (including phenoxy) is 3. The van der Waals surface area contributed by atoms with Gasteiger partial charge in [-0.05, 0) is 154 Å². The Morgan fingerprint density at radius 3 is 0.807 bits per heavy atom. The third-order valence-corrected chi connectivity index (χ3v) is 18.7. The second-order valence-electron chi connectivity index (χ2n) is 27.2. The van der Waals surface area contributed by atoms with Crippen LogP contribution in [0.2, 0.25) is 0 Å². The summed E-state index contributed by atoms with van der Waals surface area (Å²) in [5.74, 6) is -1.71. The normalized spacial score (nSPS) is 14.9. The van der Waals surface area contributed by atoms with Crippen molar-refractivity contribution in [2.75, 3.05) is 39.6 Å². The lowest BCUT2D eigenvalue weighted by Gasteiger charge is -2.21. The summed E-state index contributed by atoms with van der Waals surface area (Å²) >= 11 is 0. The molecule has 0 spiro atoms. The number of rotatable bonds is 77. The Labute approximate surface area is 661 Å². The molecule has 0 aliphatic carbocycles. The standard InChI is InChI=1S/C91H148O16P2/c1-4-7-10-13-16-19-22-25-28-31-34-36-38-39-40-41-42-43-44-45-47-49-51-53-56-59-62-65-68-71-74-77-89(94)101-80-86(92)81-103-108(97,98)104-82-87(93)83-105-109(99,100)106-85-88(107-91(96)79-76-73-70-67-64-61-58-55-50-33-30-27-24-21-18-15-12-9-6-3)84-102-90(95)78-75-72-69-66-63-60-57-54-52-48-46-37-35-32-29-26-23-20-17-14-11-8-5-2/h8-9,11-12,16-21,25-30,34-37,39-40,48,50,52,55,57,60-61,64,70,73,86-88,92-93H,4-7,10,13-15,22-24,31-33,38,41-47,49,51,53-54,56,58-59,62-63,65-69,71-72,74-85H2,1-3H3,(H,97,98)(H,99,100)/b11-8-,12-9-,19-16-,20-17-,21-18-,28-25-,29-26-,30-27-,36-34-,37-35-,40-39-,52-48-,55-50-,60-57-,64-61-,73-70-. The molecular formula is C91H148O16P2. The minimum Gasteiger partial charge on any atom is -0.463 e. The quantitative estimate of drug-likeness (QED) is 0.0146. The fourth-order valence-corrected chi connectivity index (χ4v) is 12.1. The minimum atomic E-state index is -4.97. The van der Waals surface area contributed by atoms with Gasteiger partial charge in [0.2, 0.25) is 0 Å². The molecular weight excluding hydrogens is 1410 g/mol. The molecule has 5 unspecified atom stereocenters. The first kappa shape index (κ1) is 103. The van der Waals surface area contributed by atoms with E-state index in [4.69, 9.17) is 32.3 Å². The third-order valence-electron chi connectivity index (χ3n) is 16.8. The molecule has 0 saturated carbocycles. The molecule has 109 heavy (non-hydrogen) atoms.